The van der Waals surface area contributed by atoms with E-state index in [1.807, 2.05) is 0 Å². The average Bonchev–Trinajstić information content (AvgIpc) is 2.36. The van der Waals surface area contributed by atoms with Crippen LogP contribution in [0.2, 0.25) is 0 Å². The lowest BCUT2D eigenvalue weighted by Gasteiger charge is -2.13. The molecule has 1 aromatic carbocycles. The van der Waals surface area contributed by atoms with Gasteiger partial charge in [0.25, 0.3) is 0 Å². The second-order valence-electron chi connectivity index (χ2n) is 4.10. The molecule has 20 heavy (non-hydrogen) atoms. The van der Waals surface area contributed by atoms with Gasteiger partial charge in [0, 0.05) is 12.1 Å². The van der Waals surface area contributed by atoms with Crippen LogP contribution in [0.3, 0.4) is 0 Å². The van der Waals surface area contributed by atoms with Crippen LogP contribution < -0.4 is 4.72 Å². The zero-order valence-corrected chi connectivity index (χ0v) is 11.6. The summed E-state index contributed by atoms with van der Waals surface area (Å²) >= 11 is 0. The van der Waals surface area contributed by atoms with Crippen LogP contribution in [0, 0.1) is 11.3 Å². The maximum atomic E-state index is 11.5. The molecule has 0 bridgehead atoms. The van der Waals surface area contributed by atoms with Crippen LogP contribution in [0.1, 0.15) is 24.1 Å². The Balaban J connectivity index is 2.89. The Morgan fingerprint density at radius 1 is 1.55 bits per heavy atom. The van der Waals surface area contributed by atoms with Crippen LogP contribution >= 0.6 is 0 Å². The molecule has 0 heterocycles. The van der Waals surface area contributed by atoms with Crippen LogP contribution in [0.4, 0.5) is 0 Å². The summed E-state index contributed by atoms with van der Waals surface area (Å²) < 4.78 is 25.4. The maximum Gasteiger partial charge on any atom is 0.328 e. The molecule has 0 spiro atoms. The molecular formula is C13H14N2O4S. The second-order valence-corrected chi connectivity index (χ2v) is 5.85. The number of rotatable bonds is 6. The molecule has 0 aliphatic carbocycles. The van der Waals surface area contributed by atoms with Gasteiger partial charge in [0.15, 0.2) is 5.75 Å². The van der Waals surface area contributed by atoms with E-state index in [0.29, 0.717) is 11.1 Å². The van der Waals surface area contributed by atoms with E-state index in [1.165, 1.54) is 6.08 Å². The third kappa shape index (κ3) is 5.22. The van der Waals surface area contributed by atoms with Crippen molar-refractivity contribution in [2.75, 3.05) is 5.75 Å². The molecule has 1 rings (SSSR count). The van der Waals surface area contributed by atoms with Crippen molar-refractivity contribution in [3.8, 4) is 6.07 Å². The second kappa shape index (κ2) is 6.84. The van der Waals surface area contributed by atoms with Gasteiger partial charge in [-0.2, -0.15) is 5.26 Å². The lowest BCUT2D eigenvalue weighted by molar-refractivity contribution is -0.131. The van der Waals surface area contributed by atoms with E-state index >= 15 is 0 Å². The van der Waals surface area contributed by atoms with Gasteiger partial charge >= 0.3 is 5.97 Å². The van der Waals surface area contributed by atoms with E-state index in [0.717, 1.165) is 6.08 Å². The van der Waals surface area contributed by atoms with Gasteiger partial charge in [0.1, 0.15) is 0 Å². The van der Waals surface area contributed by atoms with Crippen molar-refractivity contribution in [3.63, 3.8) is 0 Å². The van der Waals surface area contributed by atoms with E-state index < -0.39 is 27.8 Å². The number of hydrogen-bond donors (Lipinski definition) is 2. The van der Waals surface area contributed by atoms with Gasteiger partial charge in [-0.3, -0.25) is 0 Å². The SMILES string of the molecule is CC(NS(=O)(=O)CC#N)c1cccc(C=CC(=O)O)c1. The molecule has 0 fully saturated rings. The largest absolute Gasteiger partial charge is 0.478 e. The van der Waals surface area contributed by atoms with E-state index in [4.69, 9.17) is 10.4 Å². The van der Waals surface area contributed by atoms with E-state index in [1.54, 1.807) is 37.3 Å². The lowest BCUT2D eigenvalue weighted by Crippen LogP contribution is -2.28. The predicted molar refractivity (Wildman–Crippen MR) is 74.1 cm³/mol. The number of carboxylic acid groups (broad SMARTS) is 1. The van der Waals surface area contributed by atoms with Crippen molar-refractivity contribution in [1.29, 1.82) is 5.26 Å². The molecule has 7 heteroatoms. The minimum Gasteiger partial charge on any atom is -0.478 e. The normalized spacial score (nSPS) is 13.0. The number of carbonyl (C=O) groups is 1. The van der Waals surface area contributed by atoms with Gasteiger partial charge in [0.2, 0.25) is 10.0 Å². The number of carboxylic acids is 1. The first kappa shape index (κ1) is 15.9. The summed E-state index contributed by atoms with van der Waals surface area (Å²) in [5.74, 6) is -1.66. The van der Waals surface area contributed by atoms with E-state index in [-0.39, 0.29) is 0 Å². The predicted octanol–water partition coefficient (Wildman–Crippen LogP) is 1.29. The highest BCUT2D eigenvalue weighted by Gasteiger charge is 2.15. The van der Waals surface area contributed by atoms with Crippen molar-refractivity contribution in [1.82, 2.24) is 4.72 Å². The first-order valence-corrected chi connectivity index (χ1v) is 7.37. The highest BCUT2D eigenvalue weighted by molar-refractivity contribution is 7.89. The van der Waals surface area contributed by atoms with Crippen molar-refractivity contribution in [2.24, 2.45) is 0 Å². The highest BCUT2D eigenvalue weighted by Crippen LogP contribution is 2.16. The number of benzene rings is 1. The Labute approximate surface area is 117 Å². The van der Waals surface area contributed by atoms with Crippen LogP contribution in [0.15, 0.2) is 30.3 Å². The van der Waals surface area contributed by atoms with Gasteiger partial charge in [-0.25, -0.2) is 17.9 Å². The topological polar surface area (TPSA) is 107 Å². The zero-order chi connectivity index (χ0) is 15.2. The smallest absolute Gasteiger partial charge is 0.328 e. The zero-order valence-electron chi connectivity index (χ0n) is 10.8. The molecule has 0 aliphatic heterocycles. The number of nitriles is 1. The Morgan fingerprint density at radius 2 is 2.25 bits per heavy atom. The van der Waals surface area contributed by atoms with Gasteiger partial charge in [-0.1, -0.05) is 24.3 Å². The number of sulfonamides is 1. The highest BCUT2D eigenvalue weighted by atomic mass is 32.2. The van der Waals surface area contributed by atoms with Gasteiger partial charge in [-0.05, 0) is 24.1 Å². The maximum absolute atomic E-state index is 11.5. The molecule has 1 unspecified atom stereocenters. The first-order chi connectivity index (χ1) is 9.34. The third-order valence-electron chi connectivity index (χ3n) is 2.44. The summed E-state index contributed by atoms with van der Waals surface area (Å²) in [5, 5.41) is 17.0. The summed E-state index contributed by atoms with van der Waals surface area (Å²) in [4.78, 5) is 10.4. The fourth-order valence-electron chi connectivity index (χ4n) is 1.56. The molecule has 0 amide bonds. The van der Waals surface area contributed by atoms with E-state index in [9.17, 15) is 13.2 Å². The quantitative estimate of drug-likeness (QED) is 0.769. The molecule has 2 N–H and O–H groups in total. The Hall–Kier alpha value is -2.17. The molecule has 6 nitrogen and oxygen atoms in total. The average molecular weight is 294 g/mol. The summed E-state index contributed by atoms with van der Waals surface area (Å²) in [6.07, 6.45) is 2.42. The van der Waals surface area contributed by atoms with Crippen LogP contribution in [0.5, 0.6) is 0 Å². The molecule has 0 radical (unpaired) electrons. The minimum atomic E-state index is -3.64. The van der Waals surface area contributed by atoms with Crippen LogP contribution in [-0.2, 0) is 14.8 Å². The molecule has 0 aromatic heterocycles. The number of aliphatic carboxylic acids is 1. The summed E-state index contributed by atoms with van der Waals surface area (Å²) in [6, 6.07) is 7.88. The molecule has 0 saturated carbocycles. The van der Waals surface area contributed by atoms with Crippen LogP contribution in [0.25, 0.3) is 6.08 Å². The summed E-state index contributed by atoms with van der Waals surface area (Å²) in [7, 11) is -3.64. The Morgan fingerprint density at radius 3 is 2.85 bits per heavy atom. The van der Waals surface area contributed by atoms with Crippen LogP contribution in [-0.4, -0.2) is 25.2 Å². The first-order valence-electron chi connectivity index (χ1n) is 5.72. The standard InChI is InChI=1S/C13H14N2O4S/c1-10(15-20(18,19)8-7-14)12-4-2-3-11(9-12)5-6-13(16)17/h2-6,9-10,15H,8H2,1H3,(H,16,17). The number of hydrogen-bond acceptors (Lipinski definition) is 4. The van der Waals surface area contributed by atoms with Gasteiger partial charge in [0.05, 0.1) is 6.07 Å². The van der Waals surface area contributed by atoms with E-state index in [2.05, 4.69) is 4.72 Å². The van der Waals surface area contributed by atoms with Gasteiger partial charge < -0.3 is 5.11 Å². The fraction of sp³-hybridized carbons (Fsp3) is 0.231. The van der Waals surface area contributed by atoms with Crippen molar-refractivity contribution in [2.45, 2.75) is 13.0 Å². The number of nitrogens with one attached hydrogen (secondary N) is 1. The van der Waals surface area contributed by atoms with Crippen molar-refractivity contribution < 1.29 is 18.3 Å². The molecule has 1 atom stereocenters. The molecular weight excluding hydrogens is 280 g/mol. The molecule has 106 valence electrons. The fourth-order valence-corrected chi connectivity index (χ4v) is 2.49. The molecule has 0 saturated heterocycles. The molecule has 0 aliphatic rings. The lowest BCUT2D eigenvalue weighted by atomic mass is 10.1. The minimum absolute atomic E-state index is 0.508. The molecule has 1 aromatic rings. The Bertz CT molecular complexity index is 659. The monoisotopic (exact) mass is 294 g/mol. The van der Waals surface area contributed by atoms with Crippen molar-refractivity contribution >= 4 is 22.1 Å². The number of nitrogens with zero attached hydrogens (tertiary/aromatic N) is 1. The van der Waals surface area contributed by atoms with Gasteiger partial charge in [-0.15, -0.1) is 0 Å². The third-order valence-corrected chi connectivity index (χ3v) is 3.66. The summed E-state index contributed by atoms with van der Waals surface area (Å²) in [6.45, 7) is 1.65. The van der Waals surface area contributed by atoms with Crippen molar-refractivity contribution in [3.05, 3.63) is 41.5 Å². The Kier molecular flexibility index (Phi) is 5.43. The summed E-state index contributed by atoms with van der Waals surface area (Å²) in [5.41, 5.74) is 1.33.